The van der Waals surface area contributed by atoms with E-state index in [2.05, 4.69) is 0 Å². The van der Waals surface area contributed by atoms with E-state index in [0.717, 1.165) is 0 Å². The molecule has 0 aromatic carbocycles. The third-order valence-corrected chi connectivity index (χ3v) is 2.68. The molecule has 0 N–H and O–H groups in total. The van der Waals surface area contributed by atoms with Crippen LogP contribution in [0.3, 0.4) is 0 Å². The second-order valence-corrected chi connectivity index (χ2v) is 4.44. The zero-order valence-electron chi connectivity index (χ0n) is 10.8. The molecule has 0 bridgehead atoms. The molecular formula is C8H2F18K2. The minimum absolute atomic E-state index is 0. The quantitative estimate of drug-likeness (QED) is 0.368. The Morgan fingerprint density at radius 2 is 0.321 bits per heavy atom. The Balaban J connectivity index is -0.00000312. The third kappa shape index (κ3) is 4.84. The van der Waals surface area contributed by atoms with Gasteiger partial charge in [0.15, 0.2) is 0 Å². The Morgan fingerprint density at radius 1 is 0.214 bits per heavy atom. The summed E-state index contributed by atoms with van der Waals surface area (Å²) in [5, 5.41) is 0. The van der Waals surface area contributed by atoms with Gasteiger partial charge in [0, 0.05) is 0 Å². The zero-order chi connectivity index (χ0) is 22.0. The van der Waals surface area contributed by atoms with Gasteiger partial charge in [-0.15, -0.1) is 0 Å². The van der Waals surface area contributed by atoms with Gasteiger partial charge in [-0.25, -0.2) is 0 Å². The molecule has 0 fully saturated rings. The molecule has 0 heterocycles. The Bertz CT molecular complexity index is 479. The molecule has 0 aromatic heterocycles. The Labute approximate surface area is 226 Å². The van der Waals surface area contributed by atoms with Crippen LogP contribution in [0.2, 0.25) is 0 Å². The van der Waals surface area contributed by atoms with E-state index in [1.807, 2.05) is 0 Å². The first-order chi connectivity index (χ1) is 10.8. The molecule has 0 amide bonds. The van der Waals surface area contributed by atoms with Crippen molar-refractivity contribution in [2.45, 2.75) is 47.9 Å². The fraction of sp³-hybridized carbons (Fsp3) is 1.00. The Hall–Kier alpha value is 2.01. The predicted molar refractivity (Wildman–Crippen MR) is 56.1 cm³/mol. The van der Waals surface area contributed by atoms with Gasteiger partial charge in [-0.05, 0) is 0 Å². The minimum atomic E-state index is -8.72. The van der Waals surface area contributed by atoms with Gasteiger partial charge in [0.2, 0.25) is 0 Å². The van der Waals surface area contributed by atoms with E-state index in [4.69, 9.17) is 0 Å². The van der Waals surface area contributed by atoms with Crippen molar-refractivity contribution in [1.29, 1.82) is 0 Å². The van der Waals surface area contributed by atoms with E-state index in [9.17, 15) is 79.0 Å². The summed E-state index contributed by atoms with van der Waals surface area (Å²) < 4.78 is 221. The van der Waals surface area contributed by atoms with Crippen molar-refractivity contribution in [2.75, 3.05) is 0 Å². The van der Waals surface area contributed by atoms with Gasteiger partial charge in [-0.3, -0.25) is 0 Å². The standard InChI is InChI=1S/C8F18.2K.2H/c9-1(10,3(13,14)5(17,18)7(21,22)23)2(11,12)4(15,16)6(19,20)8(24,25)26;;;;. The van der Waals surface area contributed by atoms with Crippen LogP contribution in [0.1, 0.15) is 0 Å². The van der Waals surface area contributed by atoms with E-state index in [-0.39, 0.29) is 103 Å². The summed E-state index contributed by atoms with van der Waals surface area (Å²) in [6, 6.07) is 0. The van der Waals surface area contributed by atoms with E-state index in [1.54, 1.807) is 0 Å². The average molecular weight is 518 g/mol. The summed E-state index contributed by atoms with van der Waals surface area (Å²) >= 11 is 0. The summed E-state index contributed by atoms with van der Waals surface area (Å²) in [6.07, 6.45) is -15.6. The van der Waals surface area contributed by atoms with Crippen molar-refractivity contribution in [3.05, 3.63) is 0 Å². The fourth-order valence-corrected chi connectivity index (χ4v) is 1.14. The summed E-state index contributed by atoms with van der Waals surface area (Å²) in [4.78, 5) is 0. The number of rotatable bonds is 5. The van der Waals surface area contributed by atoms with Crippen LogP contribution in [0.15, 0.2) is 0 Å². The second kappa shape index (κ2) is 9.10. The van der Waals surface area contributed by atoms with Gasteiger partial charge in [0.05, 0.1) is 0 Å². The van der Waals surface area contributed by atoms with Crippen molar-refractivity contribution in [2.24, 2.45) is 0 Å². The molecule has 0 aliphatic heterocycles. The van der Waals surface area contributed by atoms with Crippen molar-refractivity contribution >= 4 is 103 Å². The SMILES string of the molecule is FC(F)(F)C(F)(F)C(F)(F)C(F)(F)C(F)(F)C(F)(F)C(F)(F)C(F)(F)F.[KH].[KH]. The molecule has 0 radical (unpaired) electrons. The number of hydrogen-bond acceptors (Lipinski definition) is 0. The Kier molecular flexibility index (Phi) is 11.3. The van der Waals surface area contributed by atoms with E-state index >= 15 is 0 Å². The fourth-order valence-electron chi connectivity index (χ4n) is 1.14. The molecule has 0 unspecified atom stereocenters. The number of hydrogen-bond donors (Lipinski definition) is 0. The summed E-state index contributed by atoms with van der Waals surface area (Å²) in [7, 11) is 0. The predicted octanol–water partition coefficient (Wildman–Crippen LogP) is 4.63. The normalized spacial score (nSPS) is 15.6. The molecule has 20 heteroatoms. The molecule has 0 rings (SSSR count). The van der Waals surface area contributed by atoms with Gasteiger partial charge in [0.25, 0.3) is 0 Å². The molecule has 0 saturated heterocycles. The summed E-state index contributed by atoms with van der Waals surface area (Å²) in [5.74, 6) is -51.0. The molecule has 162 valence electrons. The molecular weight excluding hydrogens is 516 g/mol. The van der Waals surface area contributed by atoms with Gasteiger partial charge in [-0.1, -0.05) is 0 Å². The first-order valence-electron chi connectivity index (χ1n) is 5.15. The first-order valence-corrected chi connectivity index (χ1v) is 5.15. The van der Waals surface area contributed by atoms with E-state index < -0.39 is 47.9 Å². The maximum absolute atomic E-state index is 12.8. The van der Waals surface area contributed by atoms with E-state index in [0.29, 0.717) is 0 Å². The summed E-state index contributed by atoms with van der Waals surface area (Å²) in [5.41, 5.74) is 0. The van der Waals surface area contributed by atoms with Crippen LogP contribution in [-0.4, -0.2) is 151 Å². The molecule has 0 spiro atoms. The third-order valence-electron chi connectivity index (χ3n) is 2.68. The molecule has 28 heavy (non-hydrogen) atoms. The summed E-state index contributed by atoms with van der Waals surface area (Å²) in [6.45, 7) is 0. The van der Waals surface area contributed by atoms with Crippen molar-refractivity contribution in [3.8, 4) is 0 Å². The van der Waals surface area contributed by atoms with Gasteiger partial charge in [0.1, 0.15) is 0 Å². The first kappa shape index (κ1) is 34.6. The van der Waals surface area contributed by atoms with Gasteiger partial charge >= 0.3 is 151 Å². The van der Waals surface area contributed by atoms with Crippen LogP contribution in [-0.2, 0) is 0 Å². The second-order valence-electron chi connectivity index (χ2n) is 4.44. The van der Waals surface area contributed by atoms with Crippen LogP contribution < -0.4 is 0 Å². The number of alkyl halides is 18. The van der Waals surface area contributed by atoms with Crippen LogP contribution in [0.5, 0.6) is 0 Å². The van der Waals surface area contributed by atoms with Crippen LogP contribution in [0.25, 0.3) is 0 Å². The monoisotopic (exact) mass is 518 g/mol. The average Bonchev–Trinajstić information content (AvgIpc) is 2.34. The van der Waals surface area contributed by atoms with Crippen molar-refractivity contribution in [1.82, 2.24) is 0 Å². The molecule has 0 nitrogen and oxygen atoms in total. The topological polar surface area (TPSA) is 0 Å². The molecule has 0 aromatic rings. The molecule has 0 aliphatic rings. The number of halogens is 18. The molecule has 0 aliphatic carbocycles. The van der Waals surface area contributed by atoms with Crippen LogP contribution in [0.4, 0.5) is 79.0 Å². The van der Waals surface area contributed by atoms with Crippen LogP contribution >= 0.6 is 0 Å². The maximum atomic E-state index is 12.8. The molecule has 0 saturated carbocycles. The van der Waals surface area contributed by atoms with Gasteiger partial charge in [-0.2, -0.15) is 79.0 Å². The van der Waals surface area contributed by atoms with Crippen LogP contribution in [0, 0.1) is 0 Å². The van der Waals surface area contributed by atoms with Crippen molar-refractivity contribution in [3.63, 3.8) is 0 Å². The zero-order valence-corrected chi connectivity index (χ0v) is 10.8. The molecule has 0 atom stereocenters. The van der Waals surface area contributed by atoms with Gasteiger partial charge < -0.3 is 0 Å². The Morgan fingerprint density at radius 3 is 0.429 bits per heavy atom. The van der Waals surface area contributed by atoms with Crippen molar-refractivity contribution < 1.29 is 79.0 Å². The van der Waals surface area contributed by atoms with E-state index in [1.165, 1.54) is 0 Å².